The molecule has 1 aromatic carbocycles. The van der Waals surface area contributed by atoms with Crippen LogP contribution >= 0.6 is 0 Å². The monoisotopic (exact) mass is 203 g/mol. The second-order valence-corrected chi connectivity index (χ2v) is 4.19. The standard InChI is InChI=1S/C13H17NO/c1-2-12(10-6-4-3-5-7-10)11-8-13(15)14-9-11/h3-7,11-12H,2,8-9H2,1H3,(H,14,15)/t11-,12+/m1/s1. The molecule has 2 heteroatoms. The summed E-state index contributed by atoms with van der Waals surface area (Å²) in [5, 5.41) is 2.92. The SMILES string of the molecule is CC[C@@H](c1ccccc1)[C@H]1CNC(=O)C1. The summed E-state index contributed by atoms with van der Waals surface area (Å²) < 4.78 is 0. The van der Waals surface area contributed by atoms with Crippen molar-refractivity contribution in [2.24, 2.45) is 5.92 Å². The van der Waals surface area contributed by atoms with Gasteiger partial charge in [-0.1, -0.05) is 37.3 Å². The number of hydrogen-bond acceptors (Lipinski definition) is 1. The number of amides is 1. The Labute approximate surface area is 90.7 Å². The van der Waals surface area contributed by atoms with Crippen LogP contribution in [0.2, 0.25) is 0 Å². The molecule has 1 saturated heterocycles. The van der Waals surface area contributed by atoms with E-state index in [0.717, 1.165) is 13.0 Å². The van der Waals surface area contributed by atoms with Crippen LogP contribution in [0.15, 0.2) is 30.3 Å². The first-order valence-electron chi connectivity index (χ1n) is 5.63. The molecule has 2 rings (SSSR count). The van der Waals surface area contributed by atoms with Gasteiger partial charge in [0, 0.05) is 13.0 Å². The number of carbonyl (C=O) groups is 1. The number of carbonyl (C=O) groups excluding carboxylic acids is 1. The van der Waals surface area contributed by atoms with E-state index in [-0.39, 0.29) is 5.91 Å². The maximum atomic E-state index is 11.2. The molecule has 1 heterocycles. The van der Waals surface area contributed by atoms with Crippen LogP contribution in [0, 0.1) is 5.92 Å². The predicted octanol–water partition coefficient (Wildman–Crippen LogP) is 2.32. The topological polar surface area (TPSA) is 29.1 Å². The average molecular weight is 203 g/mol. The van der Waals surface area contributed by atoms with Crippen LogP contribution in [0.4, 0.5) is 0 Å². The van der Waals surface area contributed by atoms with Crippen LogP contribution in [0.25, 0.3) is 0 Å². The summed E-state index contributed by atoms with van der Waals surface area (Å²) in [4.78, 5) is 11.2. The summed E-state index contributed by atoms with van der Waals surface area (Å²) in [5.41, 5.74) is 1.36. The molecule has 1 fully saturated rings. The molecule has 1 aliphatic heterocycles. The van der Waals surface area contributed by atoms with Crippen molar-refractivity contribution < 1.29 is 4.79 Å². The Morgan fingerprint density at radius 3 is 2.67 bits per heavy atom. The number of benzene rings is 1. The summed E-state index contributed by atoms with van der Waals surface area (Å²) >= 11 is 0. The fraction of sp³-hybridized carbons (Fsp3) is 0.462. The highest BCUT2D eigenvalue weighted by Gasteiger charge is 2.28. The van der Waals surface area contributed by atoms with Gasteiger partial charge in [-0.05, 0) is 23.8 Å². The minimum atomic E-state index is 0.203. The van der Waals surface area contributed by atoms with Gasteiger partial charge in [-0.2, -0.15) is 0 Å². The molecule has 0 aliphatic carbocycles. The van der Waals surface area contributed by atoms with Crippen molar-refractivity contribution in [3.63, 3.8) is 0 Å². The predicted molar refractivity (Wildman–Crippen MR) is 60.6 cm³/mol. The summed E-state index contributed by atoms with van der Waals surface area (Å²) in [7, 11) is 0. The lowest BCUT2D eigenvalue weighted by molar-refractivity contribution is -0.119. The van der Waals surface area contributed by atoms with Crippen LogP contribution in [0.1, 0.15) is 31.2 Å². The fourth-order valence-corrected chi connectivity index (χ4v) is 2.45. The normalized spacial score (nSPS) is 22.5. The molecule has 0 saturated carbocycles. The Morgan fingerprint density at radius 2 is 2.13 bits per heavy atom. The Balaban J connectivity index is 2.14. The van der Waals surface area contributed by atoms with Gasteiger partial charge in [0.15, 0.2) is 0 Å². The van der Waals surface area contributed by atoms with Gasteiger partial charge in [0.05, 0.1) is 0 Å². The third-order valence-corrected chi connectivity index (χ3v) is 3.25. The van der Waals surface area contributed by atoms with Crippen molar-refractivity contribution >= 4 is 5.91 Å². The zero-order valence-electron chi connectivity index (χ0n) is 9.07. The highest BCUT2D eigenvalue weighted by atomic mass is 16.1. The average Bonchev–Trinajstić information content (AvgIpc) is 2.68. The van der Waals surface area contributed by atoms with Gasteiger partial charge in [-0.15, -0.1) is 0 Å². The van der Waals surface area contributed by atoms with Crippen molar-refractivity contribution in [2.75, 3.05) is 6.54 Å². The summed E-state index contributed by atoms with van der Waals surface area (Å²) in [6, 6.07) is 10.5. The Morgan fingerprint density at radius 1 is 1.40 bits per heavy atom. The highest BCUT2D eigenvalue weighted by molar-refractivity contribution is 5.78. The summed E-state index contributed by atoms with van der Waals surface area (Å²) in [6.45, 7) is 3.03. The Hall–Kier alpha value is -1.31. The maximum absolute atomic E-state index is 11.2. The van der Waals surface area contributed by atoms with E-state index in [9.17, 15) is 4.79 Å². The number of hydrogen-bond donors (Lipinski definition) is 1. The van der Waals surface area contributed by atoms with Crippen LogP contribution < -0.4 is 5.32 Å². The molecular formula is C13H17NO. The molecule has 80 valence electrons. The molecule has 0 unspecified atom stereocenters. The zero-order valence-corrected chi connectivity index (χ0v) is 9.07. The van der Waals surface area contributed by atoms with E-state index >= 15 is 0 Å². The quantitative estimate of drug-likeness (QED) is 0.802. The van der Waals surface area contributed by atoms with Crippen molar-refractivity contribution in [1.29, 1.82) is 0 Å². The van der Waals surface area contributed by atoms with Gasteiger partial charge in [-0.3, -0.25) is 4.79 Å². The minimum Gasteiger partial charge on any atom is -0.356 e. The second-order valence-electron chi connectivity index (χ2n) is 4.19. The molecule has 1 N–H and O–H groups in total. The molecule has 1 aromatic rings. The molecule has 1 aliphatic rings. The van der Waals surface area contributed by atoms with E-state index in [1.807, 2.05) is 6.07 Å². The lowest BCUT2D eigenvalue weighted by Crippen LogP contribution is -2.17. The van der Waals surface area contributed by atoms with Crippen molar-refractivity contribution in [3.8, 4) is 0 Å². The van der Waals surface area contributed by atoms with Gasteiger partial charge < -0.3 is 5.32 Å². The van der Waals surface area contributed by atoms with Crippen molar-refractivity contribution in [3.05, 3.63) is 35.9 Å². The lowest BCUT2D eigenvalue weighted by atomic mass is 9.83. The summed E-state index contributed by atoms with van der Waals surface area (Å²) in [5.74, 6) is 1.20. The molecule has 15 heavy (non-hydrogen) atoms. The van der Waals surface area contributed by atoms with Crippen molar-refractivity contribution in [1.82, 2.24) is 5.32 Å². The largest absolute Gasteiger partial charge is 0.356 e. The summed E-state index contributed by atoms with van der Waals surface area (Å²) in [6.07, 6.45) is 1.79. The molecular weight excluding hydrogens is 186 g/mol. The van der Waals surface area contributed by atoms with Crippen LogP contribution in [0.5, 0.6) is 0 Å². The van der Waals surface area contributed by atoms with Gasteiger partial charge >= 0.3 is 0 Å². The molecule has 0 bridgehead atoms. The molecule has 0 spiro atoms. The van der Waals surface area contributed by atoms with Gasteiger partial charge in [0.2, 0.25) is 5.91 Å². The number of nitrogens with one attached hydrogen (secondary N) is 1. The molecule has 0 radical (unpaired) electrons. The highest BCUT2D eigenvalue weighted by Crippen LogP contribution is 2.31. The van der Waals surface area contributed by atoms with E-state index in [0.29, 0.717) is 18.3 Å². The second kappa shape index (κ2) is 4.47. The fourth-order valence-electron chi connectivity index (χ4n) is 2.45. The van der Waals surface area contributed by atoms with Crippen LogP contribution in [-0.4, -0.2) is 12.5 Å². The van der Waals surface area contributed by atoms with Crippen LogP contribution in [0.3, 0.4) is 0 Å². The van der Waals surface area contributed by atoms with E-state index < -0.39 is 0 Å². The Kier molecular flexibility index (Phi) is 3.05. The Bertz CT molecular complexity index is 334. The molecule has 0 aromatic heterocycles. The first-order valence-corrected chi connectivity index (χ1v) is 5.63. The molecule has 2 atom stereocenters. The van der Waals surface area contributed by atoms with E-state index in [4.69, 9.17) is 0 Å². The zero-order chi connectivity index (χ0) is 10.7. The van der Waals surface area contributed by atoms with Crippen LogP contribution in [-0.2, 0) is 4.79 Å². The lowest BCUT2D eigenvalue weighted by Gasteiger charge is -2.20. The first kappa shape index (κ1) is 10.2. The van der Waals surface area contributed by atoms with Gasteiger partial charge in [0.1, 0.15) is 0 Å². The van der Waals surface area contributed by atoms with E-state index in [1.54, 1.807) is 0 Å². The molecule has 1 amide bonds. The first-order chi connectivity index (χ1) is 7.31. The smallest absolute Gasteiger partial charge is 0.220 e. The van der Waals surface area contributed by atoms with E-state index in [2.05, 4.69) is 36.5 Å². The van der Waals surface area contributed by atoms with Gasteiger partial charge in [-0.25, -0.2) is 0 Å². The number of rotatable bonds is 3. The molecule has 2 nitrogen and oxygen atoms in total. The maximum Gasteiger partial charge on any atom is 0.220 e. The van der Waals surface area contributed by atoms with Gasteiger partial charge in [0.25, 0.3) is 0 Å². The van der Waals surface area contributed by atoms with Crippen molar-refractivity contribution in [2.45, 2.75) is 25.7 Å². The minimum absolute atomic E-state index is 0.203. The van der Waals surface area contributed by atoms with E-state index in [1.165, 1.54) is 5.56 Å². The third kappa shape index (κ3) is 2.20. The third-order valence-electron chi connectivity index (χ3n) is 3.25.